The fourth-order valence-electron chi connectivity index (χ4n) is 1.51. The highest BCUT2D eigenvalue weighted by Gasteiger charge is 2.27. The molecule has 0 aromatic carbocycles. The van der Waals surface area contributed by atoms with E-state index < -0.39 is 9.84 Å². The van der Waals surface area contributed by atoms with Crippen molar-refractivity contribution in [1.82, 2.24) is 10.2 Å². The maximum atomic E-state index is 11.1. The topological polar surface area (TPSA) is 72.0 Å². The van der Waals surface area contributed by atoms with Crippen LogP contribution in [-0.2, 0) is 9.84 Å². The highest BCUT2D eigenvalue weighted by Crippen LogP contribution is 2.19. The normalized spacial score (nSPS) is 25.0. The lowest BCUT2D eigenvalue weighted by Crippen LogP contribution is -2.15. The Labute approximate surface area is 86.5 Å². The SMILES string of the molecule is O=S1(=O)CCC(CNc2nncs2)C1. The van der Waals surface area contributed by atoms with Crippen molar-refractivity contribution in [3.63, 3.8) is 0 Å². The van der Waals surface area contributed by atoms with Gasteiger partial charge in [-0.05, 0) is 12.3 Å². The number of hydrogen-bond donors (Lipinski definition) is 1. The average molecular weight is 233 g/mol. The summed E-state index contributed by atoms with van der Waals surface area (Å²) in [5, 5.41) is 11.3. The molecule has 1 aromatic rings. The highest BCUT2D eigenvalue weighted by molar-refractivity contribution is 7.91. The summed E-state index contributed by atoms with van der Waals surface area (Å²) in [5.41, 5.74) is 1.65. The number of anilines is 1. The first-order chi connectivity index (χ1) is 6.66. The molecule has 1 unspecified atom stereocenters. The minimum Gasteiger partial charge on any atom is -0.360 e. The summed E-state index contributed by atoms with van der Waals surface area (Å²) < 4.78 is 22.3. The summed E-state index contributed by atoms with van der Waals surface area (Å²) in [7, 11) is -2.76. The van der Waals surface area contributed by atoms with E-state index in [-0.39, 0.29) is 5.92 Å². The van der Waals surface area contributed by atoms with E-state index in [1.54, 1.807) is 5.51 Å². The van der Waals surface area contributed by atoms with E-state index in [0.717, 1.165) is 11.6 Å². The minimum absolute atomic E-state index is 0.226. The van der Waals surface area contributed by atoms with Gasteiger partial charge in [-0.15, -0.1) is 10.2 Å². The van der Waals surface area contributed by atoms with Gasteiger partial charge in [0.1, 0.15) is 5.51 Å². The van der Waals surface area contributed by atoms with E-state index in [0.29, 0.717) is 18.1 Å². The summed E-state index contributed by atoms with van der Waals surface area (Å²) in [6.07, 6.45) is 0.758. The number of nitrogens with one attached hydrogen (secondary N) is 1. The Morgan fingerprint density at radius 1 is 1.64 bits per heavy atom. The van der Waals surface area contributed by atoms with Crippen molar-refractivity contribution in [3.05, 3.63) is 5.51 Å². The molecule has 5 nitrogen and oxygen atoms in total. The quantitative estimate of drug-likeness (QED) is 0.817. The van der Waals surface area contributed by atoms with Gasteiger partial charge in [0.25, 0.3) is 0 Å². The third-order valence-electron chi connectivity index (χ3n) is 2.23. The van der Waals surface area contributed by atoms with Crippen LogP contribution >= 0.6 is 11.3 Å². The van der Waals surface area contributed by atoms with Gasteiger partial charge in [0.2, 0.25) is 5.13 Å². The van der Waals surface area contributed by atoms with Gasteiger partial charge in [-0.1, -0.05) is 11.3 Å². The molecular formula is C7H11N3O2S2. The van der Waals surface area contributed by atoms with E-state index >= 15 is 0 Å². The zero-order valence-corrected chi connectivity index (χ0v) is 9.14. The molecule has 7 heteroatoms. The third-order valence-corrected chi connectivity index (χ3v) is 4.71. The molecule has 1 N–H and O–H groups in total. The molecule has 0 spiro atoms. The van der Waals surface area contributed by atoms with Gasteiger partial charge in [-0.2, -0.15) is 0 Å². The Hall–Kier alpha value is -0.690. The lowest BCUT2D eigenvalue weighted by molar-refractivity contribution is 0.596. The van der Waals surface area contributed by atoms with Crippen molar-refractivity contribution in [2.24, 2.45) is 5.92 Å². The first kappa shape index (κ1) is 9.85. The van der Waals surface area contributed by atoms with Crippen molar-refractivity contribution in [3.8, 4) is 0 Å². The number of rotatable bonds is 3. The molecule has 1 fully saturated rings. The summed E-state index contributed by atoms with van der Waals surface area (Å²) in [6, 6.07) is 0. The van der Waals surface area contributed by atoms with Gasteiger partial charge in [-0.25, -0.2) is 8.42 Å². The van der Waals surface area contributed by atoms with Crippen LogP contribution in [-0.4, -0.2) is 36.7 Å². The largest absolute Gasteiger partial charge is 0.360 e. The van der Waals surface area contributed by atoms with Crippen molar-refractivity contribution in [1.29, 1.82) is 0 Å². The maximum Gasteiger partial charge on any atom is 0.205 e. The second kappa shape index (κ2) is 3.82. The highest BCUT2D eigenvalue weighted by atomic mass is 32.2. The number of hydrogen-bond acceptors (Lipinski definition) is 6. The second-order valence-electron chi connectivity index (χ2n) is 3.39. The van der Waals surface area contributed by atoms with Crippen molar-refractivity contribution < 1.29 is 8.42 Å². The Bertz CT molecular complexity index is 387. The molecule has 1 aromatic heterocycles. The molecule has 14 heavy (non-hydrogen) atoms. The molecule has 0 bridgehead atoms. The molecule has 0 saturated carbocycles. The number of sulfone groups is 1. The molecule has 0 radical (unpaired) electrons. The van der Waals surface area contributed by atoms with E-state index in [2.05, 4.69) is 15.5 Å². The average Bonchev–Trinajstić information content (AvgIpc) is 2.70. The number of nitrogens with zero attached hydrogens (tertiary/aromatic N) is 2. The third kappa shape index (κ3) is 2.42. The lowest BCUT2D eigenvalue weighted by atomic mass is 10.1. The fraction of sp³-hybridized carbons (Fsp3) is 0.714. The first-order valence-corrected chi connectivity index (χ1v) is 7.06. The van der Waals surface area contributed by atoms with E-state index in [4.69, 9.17) is 0 Å². The Morgan fingerprint density at radius 3 is 3.07 bits per heavy atom. The van der Waals surface area contributed by atoms with Crippen molar-refractivity contribution >= 4 is 26.3 Å². The van der Waals surface area contributed by atoms with Crippen LogP contribution in [0.3, 0.4) is 0 Å². The monoisotopic (exact) mass is 233 g/mol. The fourth-order valence-corrected chi connectivity index (χ4v) is 3.83. The molecule has 78 valence electrons. The van der Waals surface area contributed by atoms with Crippen LogP contribution in [0, 0.1) is 5.92 Å². The van der Waals surface area contributed by atoms with Gasteiger partial charge in [0.15, 0.2) is 9.84 Å². The predicted molar refractivity (Wildman–Crippen MR) is 55.2 cm³/mol. The minimum atomic E-state index is -2.76. The number of aromatic nitrogens is 2. The van der Waals surface area contributed by atoms with Crippen molar-refractivity contribution in [2.75, 3.05) is 23.4 Å². The van der Waals surface area contributed by atoms with Gasteiger partial charge in [-0.3, -0.25) is 0 Å². The van der Waals surface area contributed by atoms with Gasteiger partial charge in [0.05, 0.1) is 11.5 Å². The van der Waals surface area contributed by atoms with Crippen LogP contribution in [0.2, 0.25) is 0 Å². The van der Waals surface area contributed by atoms with Crippen LogP contribution in [0.5, 0.6) is 0 Å². The Morgan fingerprint density at radius 2 is 2.50 bits per heavy atom. The summed E-state index contributed by atoms with van der Waals surface area (Å²) in [6.45, 7) is 0.675. The van der Waals surface area contributed by atoms with Crippen molar-refractivity contribution in [2.45, 2.75) is 6.42 Å². The smallest absolute Gasteiger partial charge is 0.205 e. The molecule has 0 amide bonds. The summed E-state index contributed by atoms with van der Waals surface area (Å²) in [5.74, 6) is 0.859. The Balaban J connectivity index is 1.83. The molecule has 2 heterocycles. The first-order valence-electron chi connectivity index (χ1n) is 4.36. The zero-order chi connectivity index (χ0) is 10.0. The molecule has 1 atom stereocenters. The van der Waals surface area contributed by atoms with Crippen LogP contribution in [0.25, 0.3) is 0 Å². The van der Waals surface area contributed by atoms with Gasteiger partial charge >= 0.3 is 0 Å². The molecule has 1 saturated heterocycles. The van der Waals surface area contributed by atoms with Gasteiger partial charge < -0.3 is 5.32 Å². The van der Waals surface area contributed by atoms with E-state index in [9.17, 15) is 8.42 Å². The summed E-state index contributed by atoms with van der Waals surface area (Å²) >= 11 is 1.42. The standard InChI is InChI=1S/C7H11N3O2S2/c11-14(12)2-1-6(4-14)3-8-7-10-9-5-13-7/h5-6H,1-4H2,(H,8,10). The second-order valence-corrected chi connectivity index (χ2v) is 6.46. The lowest BCUT2D eigenvalue weighted by Gasteiger charge is -2.06. The molecule has 1 aliphatic rings. The molecule has 1 aliphatic heterocycles. The Kier molecular flexibility index (Phi) is 2.69. The van der Waals surface area contributed by atoms with Crippen LogP contribution < -0.4 is 5.32 Å². The molecule has 0 aliphatic carbocycles. The van der Waals surface area contributed by atoms with E-state index in [1.807, 2.05) is 0 Å². The van der Waals surface area contributed by atoms with Crippen LogP contribution in [0.15, 0.2) is 5.51 Å². The molecule has 2 rings (SSSR count). The predicted octanol–water partition coefficient (Wildman–Crippen LogP) is 0.385. The molecular weight excluding hydrogens is 222 g/mol. The van der Waals surface area contributed by atoms with Crippen LogP contribution in [0.4, 0.5) is 5.13 Å². The van der Waals surface area contributed by atoms with Gasteiger partial charge in [0, 0.05) is 6.54 Å². The summed E-state index contributed by atoms with van der Waals surface area (Å²) in [4.78, 5) is 0. The zero-order valence-electron chi connectivity index (χ0n) is 7.51. The van der Waals surface area contributed by atoms with E-state index in [1.165, 1.54) is 11.3 Å². The maximum absolute atomic E-state index is 11.1. The van der Waals surface area contributed by atoms with Crippen LogP contribution in [0.1, 0.15) is 6.42 Å².